The van der Waals surface area contributed by atoms with Crippen molar-refractivity contribution in [2.24, 2.45) is 0 Å². The first-order valence-electron chi connectivity index (χ1n) is 11.0. The molecule has 0 aliphatic carbocycles. The first-order chi connectivity index (χ1) is 17.3. The van der Waals surface area contributed by atoms with Crippen LogP contribution in [0.25, 0.3) is 22.4 Å². The van der Waals surface area contributed by atoms with Gasteiger partial charge in [0.15, 0.2) is 9.84 Å². The molecule has 2 aromatic carbocycles. The highest BCUT2D eigenvalue weighted by Crippen LogP contribution is 2.41. The maximum atomic E-state index is 13.9. The maximum absolute atomic E-state index is 13.9. The zero-order chi connectivity index (χ0) is 27.0. The van der Waals surface area contributed by atoms with Crippen molar-refractivity contribution in [1.29, 1.82) is 0 Å². The van der Waals surface area contributed by atoms with Gasteiger partial charge in [0.05, 0.1) is 34.3 Å². The zero-order valence-corrected chi connectivity index (χ0v) is 21.4. The molecule has 1 aliphatic rings. The number of nitrogens with one attached hydrogen (secondary N) is 1. The SMILES string of the molecule is CNS(=O)(=O)c1ccc(-c2c(-c3ccc(S(C)(=O)=O)cc3)nc(C(F)(F)F)nc2N2CCOCC2)cc1. The van der Waals surface area contributed by atoms with Crippen molar-refractivity contribution in [2.75, 3.05) is 44.5 Å². The molecule has 9 nitrogen and oxygen atoms in total. The molecule has 1 aliphatic heterocycles. The molecular weight excluding hydrogens is 533 g/mol. The maximum Gasteiger partial charge on any atom is 0.451 e. The molecule has 4 rings (SSSR count). The molecule has 0 radical (unpaired) electrons. The second-order valence-corrected chi connectivity index (χ2v) is 12.1. The van der Waals surface area contributed by atoms with Gasteiger partial charge in [0.25, 0.3) is 0 Å². The normalized spacial score (nSPS) is 15.1. The monoisotopic (exact) mass is 556 g/mol. The number of ether oxygens (including phenoxy) is 1. The number of anilines is 1. The fourth-order valence-corrected chi connectivity index (χ4v) is 5.19. The van der Waals surface area contributed by atoms with Crippen molar-refractivity contribution >= 4 is 25.7 Å². The van der Waals surface area contributed by atoms with Gasteiger partial charge in [-0.05, 0) is 36.9 Å². The second-order valence-electron chi connectivity index (χ2n) is 8.22. The lowest BCUT2D eigenvalue weighted by Gasteiger charge is -2.31. The van der Waals surface area contributed by atoms with E-state index in [4.69, 9.17) is 4.74 Å². The summed E-state index contributed by atoms with van der Waals surface area (Å²) in [6.07, 6.45) is -3.83. The number of nitrogens with zero attached hydrogens (tertiary/aromatic N) is 3. The Morgan fingerprint density at radius 1 is 0.865 bits per heavy atom. The summed E-state index contributed by atoms with van der Waals surface area (Å²) in [5.41, 5.74) is 0.785. The van der Waals surface area contributed by atoms with Crippen molar-refractivity contribution in [3.05, 3.63) is 54.4 Å². The summed E-state index contributed by atoms with van der Waals surface area (Å²) < 4.78 is 97.4. The molecule has 0 atom stereocenters. The lowest BCUT2D eigenvalue weighted by molar-refractivity contribution is -0.144. The van der Waals surface area contributed by atoms with Crippen LogP contribution in [0.5, 0.6) is 0 Å². The number of halogens is 3. The third-order valence-electron chi connectivity index (χ3n) is 5.73. The average Bonchev–Trinajstić information content (AvgIpc) is 2.87. The fourth-order valence-electron chi connectivity index (χ4n) is 3.83. The van der Waals surface area contributed by atoms with Crippen LogP contribution in [0.4, 0.5) is 19.0 Å². The van der Waals surface area contributed by atoms with Gasteiger partial charge in [-0.1, -0.05) is 24.3 Å². The Balaban J connectivity index is 2.00. The Hall–Kier alpha value is -3.07. The van der Waals surface area contributed by atoms with Gasteiger partial charge in [-0.2, -0.15) is 13.2 Å². The molecule has 198 valence electrons. The third kappa shape index (κ3) is 5.76. The van der Waals surface area contributed by atoms with Crippen molar-refractivity contribution < 1.29 is 34.7 Å². The molecule has 2 heterocycles. The largest absolute Gasteiger partial charge is 0.451 e. The Morgan fingerprint density at radius 3 is 1.92 bits per heavy atom. The fraction of sp³-hybridized carbons (Fsp3) is 0.304. The van der Waals surface area contributed by atoms with E-state index in [9.17, 15) is 30.0 Å². The van der Waals surface area contributed by atoms with Gasteiger partial charge in [0, 0.05) is 24.9 Å². The van der Waals surface area contributed by atoms with E-state index in [0.717, 1.165) is 6.26 Å². The molecule has 0 bridgehead atoms. The summed E-state index contributed by atoms with van der Waals surface area (Å²) in [6.45, 7) is 1.12. The van der Waals surface area contributed by atoms with Crippen LogP contribution in [0.15, 0.2) is 58.3 Å². The molecule has 14 heteroatoms. The first-order valence-corrected chi connectivity index (χ1v) is 14.3. The Bertz CT molecular complexity index is 1500. The number of morpholine rings is 1. The van der Waals surface area contributed by atoms with Crippen LogP contribution in [0.1, 0.15) is 5.82 Å². The van der Waals surface area contributed by atoms with Crippen LogP contribution in [-0.2, 0) is 30.8 Å². The van der Waals surface area contributed by atoms with Crippen LogP contribution in [0, 0.1) is 0 Å². The summed E-state index contributed by atoms with van der Waals surface area (Å²) in [5, 5.41) is 0. The smallest absolute Gasteiger partial charge is 0.378 e. The van der Waals surface area contributed by atoms with Gasteiger partial charge in [-0.25, -0.2) is 31.5 Å². The van der Waals surface area contributed by atoms with E-state index in [0.29, 0.717) is 5.56 Å². The molecule has 1 N–H and O–H groups in total. The van der Waals surface area contributed by atoms with Crippen molar-refractivity contribution in [3.8, 4) is 22.4 Å². The van der Waals surface area contributed by atoms with Gasteiger partial charge in [-0.15, -0.1) is 0 Å². The molecule has 3 aromatic rings. The number of rotatable bonds is 6. The molecular formula is C23H23F3N4O5S2. The highest BCUT2D eigenvalue weighted by atomic mass is 32.2. The summed E-state index contributed by atoms with van der Waals surface area (Å²) in [6, 6.07) is 10.9. The van der Waals surface area contributed by atoms with Gasteiger partial charge >= 0.3 is 6.18 Å². The van der Waals surface area contributed by atoms with E-state index in [1.807, 2.05) is 0 Å². The predicted molar refractivity (Wildman–Crippen MR) is 130 cm³/mol. The molecule has 1 aromatic heterocycles. The predicted octanol–water partition coefficient (Wildman–Crippen LogP) is 2.98. The zero-order valence-electron chi connectivity index (χ0n) is 19.8. The van der Waals surface area contributed by atoms with Gasteiger partial charge in [-0.3, -0.25) is 0 Å². The van der Waals surface area contributed by atoms with E-state index in [-0.39, 0.29) is 58.7 Å². The number of hydrogen-bond donors (Lipinski definition) is 1. The standard InChI is InChI=1S/C23H23F3N4O5S2/c1-27-37(33,34)18-9-3-15(4-10-18)19-20(16-5-7-17(8-6-16)36(2,31)32)28-22(23(24,25)26)29-21(19)30-11-13-35-14-12-30/h3-10,27H,11-14H2,1-2H3. The molecule has 1 saturated heterocycles. The Kier molecular flexibility index (Phi) is 7.29. The van der Waals surface area contributed by atoms with E-state index >= 15 is 0 Å². The Morgan fingerprint density at radius 2 is 1.41 bits per heavy atom. The Labute approximate surface area is 212 Å². The first kappa shape index (κ1) is 27.0. The molecule has 1 fully saturated rings. The van der Waals surface area contributed by atoms with Gasteiger partial charge in [0.1, 0.15) is 5.82 Å². The molecule has 37 heavy (non-hydrogen) atoms. The minimum Gasteiger partial charge on any atom is -0.378 e. The number of sulfonamides is 1. The summed E-state index contributed by atoms with van der Waals surface area (Å²) in [5.74, 6) is -1.34. The van der Waals surface area contributed by atoms with Gasteiger partial charge in [0.2, 0.25) is 15.8 Å². The quantitative estimate of drug-likeness (QED) is 0.493. The average molecular weight is 557 g/mol. The molecule has 0 spiro atoms. The summed E-state index contributed by atoms with van der Waals surface area (Å²) in [7, 11) is -6.02. The lowest BCUT2D eigenvalue weighted by atomic mass is 9.98. The second kappa shape index (κ2) is 10.0. The van der Waals surface area contributed by atoms with Crippen LogP contribution < -0.4 is 9.62 Å². The number of benzene rings is 2. The minimum atomic E-state index is -4.86. The van der Waals surface area contributed by atoms with E-state index < -0.39 is 31.9 Å². The van der Waals surface area contributed by atoms with Crippen LogP contribution in [-0.4, -0.2) is 66.4 Å². The summed E-state index contributed by atoms with van der Waals surface area (Å²) >= 11 is 0. The minimum absolute atomic E-state index is 0.00192. The lowest BCUT2D eigenvalue weighted by Crippen LogP contribution is -2.37. The van der Waals surface area contributed by atoms with Crippen molar-refractivity contribution in [2.45, 2.75) is 16.0 Å². The van der Waals surface area contributed by atoms with Crippen LogP contribution in [0.2, 0.25) is 0 Å². The summed E-state index contributed by atoms with van der Waals surface area (Å²) in [4.78, 5) is 9.36. The van der Waals surface area contributed by atoms with Crippen LogP contribution >= 0.6 is 0 Å². The van der Waals surface area contributed by atoms with E-state index in [1.54, 1.807) is 4.90 Å². The van der Waals surface area contributed by atoms with E-state index in [2.05, 4.69) is 14.7 Å². The molecule has 0 unspecified atom stereocenters. The highest BCUT2D eigenvalue weighted by Gasteiger charge is 2.37. The topological polar surface area (TPSA) is 119 Å². The number of sulfone groups is 1. The third-order valence-corrected chi connectivity index (χ3v) is 8.29. The van der Waals surface area contributed by atoms with E-state index in [1.165, 1.54) is 55.6 Å². The molecule has 0 saturated carbocycles. The highest BCUT2D eigenvalue weighted by molar-refractivity contribution is 7.90. The molecule has 0 amide bonds. The number of aromatic nitrogens is 2. The van der Waals surface area contributed by atoms with Gasteiger partial charge < -0.3 is 9.64 Å². The van der Waals surface area contributed by atoms with Crippen LogP contribution in [0.3, 0.4) is 0 Å². The number of alkyl halides is 3. The number of hydrogen-bond acceptors (Lipinski definition) is 8. The van der Waals surface area contributed by atoms with Crippen molar-refractivity contribution in [1.82, 2.24) is 14.7 Å². The van der Waals surface area contributed by atoms with Crippen molar-refractivity contribution in [3.63, 3.8) is 0 Å².